The summed E-state index contributed by atoms with van der Waals surface area (Å²) in [5.41, 5.74) is 2.84. The van der Waals surface area contributed by atoms with Crippen LogP contribution in [-0.4, -0.2) is 53.8 Å². The molecule has 0 fully saturated rings. The lowest BCUT2D eigenvalue weighted by atomic mass is 9.97. The first-order chi connectivity index (χ1) is 20.9. The van der Waals surface area contributed by atoms with E-state index in [0.29, 0.717) is 28.4 Å². The Hall–Kier alpha value is -4.12. The summed E-state index contributed by atoms with van der Waals surface area (Å²) in [5.74, 6) is 0.122. The van der Waals surface area contributed by atoms with Gasteiger partial charge < -0.3 is 20.8 Å². The quantitative estimate of drug-likeness (QED) is 0.119. The number of benzene rings is 2. The molecule has 238 valence electrons. The molecule has 1 atom stereocenters. The molecule has 2 amide bonds. The van der Waals surface area contributed by atoms with Gasteiger partial charge in [-0.2, -0.15) is 13.2 Å². The Morgan fingerprint density at radius 2 is 1.75 bits per heavy atom. The summed E-state index contributed by atoms with van der Waals surface area (Å²) in [4.78, 5) is 18.1. The van der Waals surface area contributed by atoms with Crippen molar-refractivity contribution in [1.29, 1.82) is 10.8 Å². The van der Waals surface area contributed by atoms with Crippen molar-refractivity contribution in [3.05, 3.63) is 88.1 Å². The van der Waals surface area contributed by atoms with Gasteiger partial charge in [0.1, 0.15) is 11.5 Å². The molecule has 0 spiro atoms. The molecule has 2 aromatic carbocycles. The van der Waals surface area contributed by atoms with Crippen LogP contribution in [0.2, 0.25) is 5.02 Å². The number of urea groups is 1. The smallest absolute Gasteiger partial charge is 0.390 e. The Balaban J connectivity index is 0.00000330. The van der Waals surface area contributed by atoms with Crippen LogP contribution in [0.25, 0.3) is 0 Å². The maximum Gasteiger partial charge on any atom is 0.390 e. The van der Waals surface area contributed by atoms with Gasteiger partial charge in [-0.1, -0.05) is 81.8 Å². The molecular formula is C32H40ClF3N6O2. The first-order valence-electron chi connectivity index (χ1n) is 14.3. The molecule has 4 N–H and O–H groups in total. The van der Waals surface area contributed by atoms with Crippen molar-refractivity contribution in [2.75, 3.05) is 25.5 Å². The molecule has 0 aliphatic heterocycles. The topological polar surface area (TPSA) is 114 Å². The molecule has 8 nitrogen and oxygen atoms in total. The van der Waals surface area contributed by atoms with E-state index in [1.54, 1.807) is 30.3 Å². The minimum absolute atomic E-state index is 0.0501. The fraction of sp³-hybridized carbons (Fsp3) is 0.375. The van der Waals surface area contributed by atoms with Crippen molar-refractivity contribution in [3.63, 3.8) is 0 Å². The number of ether oxygens (including phenoxy) is 1. The second-order valence-electron chi connectivity index (χ2n) is 9.62. The van der Waals surface area contributed by atoms with Crippen LogP contribution in [0.4, 0.5) is 23.7 Å². The highest BCUT2D eigenvalue weighted by atomic mass is 35.5. The zero-order chi connectivity index (χ0) is 32.9. The van der Waals surface area contributed by atoms with E-state index in [9.17, 15) is 18.0 Å². The van der Waals surface area contributed by atoms with Crippen molar-refractivity contribution in [3.8, 4) is 5.88 Å². The minimum Gasteiger partial charge on any atom is -0.480 e. The molecule has 44 heavy (non-hydrogen) atoms. The normalized spacial score (nSPS) is 11.5. The molecule has 0 saturated carbocycles. The predicted molar refractivity (Wildman–Crippen MR) is 170 cm³/mol. The van der Waals surface area contributed by atoms with Crippen LogP contribution in [0.5, 0.6) is 5.88 Å². The summed E-state index contributed by atoms with van der Waals surface area (Å²) in [6.45, 7) is 7.32. The van der Waals surface area contributed by atoms with Crippen LogP contribution < -0.4 is 15.4 Å². The molecule has 0 aliphatic rings. The number of alkyl halides is 3. The van der Waals surface area contributed by atoms with Gasteiger partial charge in [0.25, 0.3) is 0 Å². The van der Waals surface area contributed by atoms with E-state index in [1.165, 1.54) is 13.3 Å². The number of rotatable bonds is 12. The Bertz CT molecular complexity index is 1400. The number of hydrogen-bond acceptors (Lipinski definition) is 6. The lowest BCUT2D eigenvalue weighted by Crippen LogP contribution is -2.46. The number of amides is 2. The van der Waals surface area contributed by atoms with Gasteiger partial charge in [0, 0.05) is 35.4 Å². The van der Waals surface area contributed by atoms with Gasteiger partial charge in [0.05, 0.1) is 25.8 Å². The standard InChI is InChI=1S/C30H34ClF3N6O2.C2H6/c1-4-19(2)20-9-11-21(12-10-20)27(36)40(16-14-30(32,33)34)29(41)39-18-25(35)23-13-15-37-28(42-3)26(23)38-17-22-7-5-6-8-24(22)31;1-2/h5-13,15,19,35-36,38H,4,14,16-18H2,1-3H3,(H,39,41);1-2H3. The summed E-state index contributed by atoms with van der Waals surface area (Å²) in [6, 6.07) is 14.7. The fourth-order valence-corrected chi connectivity index (χ4v) is 4.32. The molecule has 1 heterocycles. The van der Waals surface area contributed by atoms with Crippen molar-refractivity contribution in [2.45, 2.75) is 59.2 Å². The van der Waals surface area contributed by atoms with Crippen LogP contribution >= 0.6 is 11.6 Å². The van der Waals surface area contributed by atoms with E-state index in [-0.39, 0.29) is 29.9 Å². The number of amidine groups is 1. The number of anilines is 1. The van der Waals surface area contributed by atoms with E-state index in [2.05, 4.69) is 22.5 Å². The Kier molecular flexibility index (Phi) is 14.1. The number of methoxy groups -OCH3 is 1. The van der Waals surface area contributed by atoms with E-state index in [4.69, 9.17) is 27.2 Å². The number of carbonyl (C=O) groups is 1. The molecule has 0 saturated heterocycles. The highest BCUT2D eigenvalue weighted by molar-refractivity contribution is 6.31. The maximum absolute atomic E-state index is 13.1. The first kappa shape index (κ1) is 36.1. The van der Waals surface area contributed by atoms with Crippen molar-refractivity contribution < 1.29 is 22.7 Å². The third-order valence-electron chi connectivity index (χ3n) is 6.76. The number of halogens is 4. The monoisotopic (exact) mass is 632 g/mol. The van der Waals surface area contributed by atoms with Crippen LogP contribution in [0.1, 0.15) is 68.7 Å². The largest absolute Gasteiger partial charge is 0.480 e. The summed E-state index contributed by atoms with van der Waals surface area (Å²) in [5, 5.41) is 23.4. The van der Waals surface area contributed by atoms with Gasteiger partial charge in [0.15, 0.2) is 0 Å². The third-order valence-corrected chi connectivity index (χ3v) is 7.13. The van der Waals surface area contributed by atoms with Gasteiger partial charge in [0.2, 0.25) is 5.88 Å². The number of carbonyl (C=O) groups excluding carboxylic acids is 1. The van der Waals surface area contributed by atoms with Crippen molar-refractivity contribution in [1.82, 2.24) is 15.2 Å². The summed E-state index contributed by atoms with van der Waals surface area (Å²) >= 11 is 6.26. The summed E-state index contributed by atoms with van der Waals surface area (Å²) in [7, 11) is 1.43. The van der Waals surface area contributed by atoms with Crippen LogP contribution in [0, 0.1) is 10.8 Å². The SMILES string of the molecule is CC.CCC(C)c1ccc(C(=N)N(CCC(F)(F)F)C(=O)NCC(=N)c2ccnc(OC)c2NCc2ccccc2Cl)cc1. The summed E-state index contributed by atoms with van der Waals surface area (Å²) < 4.78 is 44.7. The zero-order valence-electron chi connectivity index (χ0n) is 25.6. The number of nitrogens with one attached hydrogen (secondary N) is 4. The lowest BCUT2D eigenvalue weighted by molar-refractivity contribution is -0.135. The predicted octanol–water partition coefficient (Wildman–Crippen LogP) is 8.25. The van der Waals surface area contributed by atoms with E-state index < -0.39 is 25.2 Å². The number of hydrogen-bond donors (Lipinski definition) is 4. The second kappa shape index (κ2) is 17.2. The van der Waals surface area contributed by atoms with Gasteiger partial charge in [-0.05, 0) is 35.6 Å². The van der Waals surface area contributed by atoms with E-state index in [0.717, 1.165) is 22.4 Å². The fourth-order valence-electron chi connectivity index (χ4n) is 4.11. The molecular weight excluding hydrogens is 593 g/mol. The molecule has 3 aromatic rings. The first-order valence-corrected chi connectivity index (χ1v) is 14.7. The lowest BCUT2D eigenvalue weighted by Gasteiger charge is -2.25. The van der Waals surface area contributed by atoms with Crippen molar-refractivity contribution in [2.24, 2.45) is 0 Å². The van der Waals surface area contributed by atoms with Crippen molar-refractivity contribution >= 4 is 34.9 Å². The van der Waals surface area contributed by atoms with Crippen LogP contribution in [0.3, 0.4) is 0 Å². The Morgan fingerprint density at radius 3 is 2.34 bits per heavy atom. The van der Waals surface area contributed by atoms with Gasteiger partial charge in [-0.3, -0.25) is 10.3 Å². The molecule has 12 heteroatoms. The Labute approximate surface area is 262 Å². The van der Waals surface area contributed by atoms with E-state index >= 15 is 0 Å². The van der Waals surface area contributed by atoms with Gasteiger partial charge in [-0.15, -0.1) is 0 Å². The molecule has 1 unspecified atom stereocenters. The molecule has 0 radical (unpaired) electrons. The Morgan fingerprint density at radius 1 is 1.09 bits per heavy atom. The zero-order valence-corrected chi connectivity index (χ0v) is 26.4. The number of aromatic nitrogens is 1. The van der Waals surface area contributed by atoms with E-state index in [1.807, 2.05) is 45.0 Å². The molecule has 0 aliphatic carbocycles. The average Bonchev–Trinajstić information content (AvgIpc) is 3.03. The molecule has 3 rings (SSSR count). The number of pyridine rings is 1. The molecule has 0 bridgehead atoms. The second-order valence-corrected chi connectivity index (χ2v) is 10.0. The maximum atomic E-state index is 13.1. The van der Waals surface area contributed by atoms with Gasteiger partial charge in [-0.25, -0.2) is 9.78 Å². The van der Waals surface area contributed by atoms with Gasteiger partial charge >= 0.3 is 12.2 Å². The van der Waals surface area contributed by atoms with Crippen LogP contribution in [-0.2, 0) is 6.54 Å². The number of nitrogens with zero attached hydrogens (tertiary/aromatic N) is 2. The highest BCUT2D eigenvalue weighted by Crippen LogP contribution is 2.28. The highest BCUT2D eigenvalue weighted by Gasteiger charge is 2.31. The average molecular weight is 633 g/mol. The summed E-state index contributed by atoms with van der Waals surface area (Å²) in [6.07, 6.45) is -3.46. The third kappa shape index (κ3) is 10.3. The van der Waals surface area contributed by atoms with Crippen LogP contribution in [0.15, 0.2) is 60.8 Å². The minimum atomic E-state index is -4.53. The molecule has 1 aromatic heterocycles.